The zero-order valence-electron chi connectivity index (χ0n) is 17.7. The number of carbonyl (C=O) groups is 2. The molecule has 0 aliphatic carbocycles. The van der Waals surface area contributed by atoms with Crippen molar-refractivity contribution in [3.8, 4) is 22.6 Å². The van der Waals surface area contributed by atoms with Crippen LogP contribution < -0.4 is 10.9 Å². The van der Waals surface area contributed by atoms with E-state index in [1.54, 1.807) is 35.1 Å². The van der Waals surface area contributed by atoms with Crippen LogP contribution in [0.2, 0.25) is 0 Å². The molecule has 2 N–H and O–H groups in total. The zero-order valence-corrected chi connectivity index (χ0v) is 17.7. The SMILES string of the molecule is O=C(NNC(=O)c1cn(-c2ccccc2)nc1-c1ccccc1)c1cccc(-n2cnnn2)c1. The molecule has 0 bridgehead atoms. The van der Waals surface area contributed by atoms with Crippen LogP contribution in [0.5, 0.6) is 0 Å². The minimum atomic E-state index is -0.494. The van der Waals surface area contributed by atoms with Gasteiger partial charge < -0.3 is 0 Å². The lowest BCUT2D eigenvalue weighted by molar-refractivity contribution is 0.0847. The van der Waals surface area contributed by atoms with E-state index >= 15 is 0 Å². The van der Waals surface area contributed by atoms with E-state index in [1.807, 2.05) is 60.7 Å². The van der Waals surface area contributed by atoms with Crippen molar-refractivity contribution in [3.63, 3.8) is 0 Å². The molecular weight excluding hydrogens is 432 g/mol. The number of tetrazole rings is 1. The molecular formula is C24H18N8O2. The van der Waals surface area contributed by atoms with Gasteiger partial charge in [0.05, 0.1) is 16.9 Å². The van der Waals surface area contributed by atoms with Crippen molar-refractivity contribution in [1.29, 1.82) is 0 Å². The summed E-state index contributed by atoms with van der Waals surface area (Å²) >= 11 is 0. The number of hydrogen-bond donors (Lipinski definition) is 2. The minimum Gasteiger partial charge on any atom is -0.267 e. The third-order valence-corrected chi connectivity index (χ3v) is 5.04. The van der Waals surface area contributed by atoms with Gasteiger partial charge in [-0.3, -0.25) is 20.4 Å². The fourth-order valence-corrected chi connectivity index (χ4v) is 3.38. The highest BCUT2D eigenvalue weighted by atomic mass is 16.2. The van der Waals surface area contributed by atoms with Crippen molar-refractivity contribution in [2.75, 3.05) is 0 Å². The quantitative estimate of drug-likeness (QED) is 0.397. The summed E-state index contributed by atoms with van der Waals surface area (Å²) in [5.41, 5.74) is 8.29. The molecule has 2 amide bonds. The van der Waals surface area contributed by atoms with Gasteiger partial charge in [-0.15, -0.1) is 5.10 Å². The maximum atomic E-state index is 13.1. The fraction of sp³-hybridized carbons (Fsp3) is 0. The molecule has 0 saturated carbocycles. The number of aromatic nitrogens is 6. The summed E-state index contributed by atoms with van der Waals surface area (Å²) in [5.74, 6) is -0.981. The molecule has 166 valence electrons. The second-order valence-electron chi connectivity index (χ2n) is 7.25. The summed E-state index contributed by atoms with van der Waals surface area (Å²) in [5, 5.41) is 15.6. The molecule has 0 unspecified atom stereocenters. The Balaban J connectivity index is 1.38. The standard InChI is InChI=1S/C24H18N8O2/c33-23(18-10-7-13-20(14-18)32-16-25-29-30-32)26-27-24(34)21-15-31(19-11-5-2-6-12-19)28-22(21)17-8-3-1-4-9-17/h1-16H,(H,26,33)(H,27,34). The third kappa shape index (κ3) is 4.28. The van der Waals surface area contributed by atoms with Gasteiger partial charge >= 0.3 is 0 Å². The number of benzene rings is 3. The predicted molar refractivity (Wildman–Crippen MR) is 123 cm³/mol. The average molecular weight is 450 g/mol. The van der Waals surface area contributed by atoms with Gasteiger partial charge in [-0.1, -0.05) is 54.6 Å². The Morgan fingerprint density at radius 2 is 1.44 bits per heavy atom. The van der Waals surface area contributed by atoms with E-state index < -0.39 is 11.8 Å². The summed E-state index contributed by atoms with van der Waals surface area (Å²) in [6.45, 7) is 0. The number of hydrogen-bond acceptors (Lipinski definition) is 6. The van der Waals surface area contributed by atoms with Gasteiger partial charge in [0.2, 0.25) is 0 Å². The van der Waals surface area contributed by atoms with Gasteiger partial charge in [-0.05, 0) is 40.8 Å². The average Bonchev–Trinajstić information content (AvgIpc) is 3.59. The Labute approximate surface area is 193 Å². The second-order valence-corrected chi connectivity index (χ2v) is 7.25. The molecule has 0 aliphatic heterocycles. The number of hydrazine groups is 1. The van der Waals surface area contributed by atoms with Crippen LogP contribution in [0.25, 0.3) is 22.6 Å². The Bertz CT molecular complexity index is 1430. The smallest absolute Gasteiger partial charge is 0.267 e. The van der Waals surface area contributed by atoms with E-state index in [0.717, 1.165) is 11.3 Å². The van der Waals surface area contributed by atoms with Crippen molar-refractivity contribution in [2.45, 2.75) is 0 Å². The number of nitrogens with one attached hydrogen (secondary N) is 2. The summed E-state index contributed by atoms with van der Waals surface area (Å²) in [6, 6.07) is 25.5. The monoisotopic (exact) mass is 450 g/mol. The Morgan fingerprint density at radius 1 is 0.735 bits per heavy atom. The number of para-hydroxylation sites is 1. The summed E-state index contributed by atoms with van der Waals surface area (Å²) in [7, 11) is 0. The highest BCUT2D eigenvalue weighted by Gasteiger charge is 2.19. The maximum Gasteiger partial charge on any atom is 0.273 e. The molecule has 3 aromatic carbocycles. The first-order valence-corrected chi connectivity index (χ1v) is 10.3. The summed E-state index contributed by atoms with van der Waals surface area (Å²) in [6.07, 6.45) is 3.06. The Morgan fingerprint density at radius 3 is 2.18 bits per heavy atom. The lowest BCUT2D eigenvalue weighted by atomic mass is 10.1. The normalized spacial score (nSPS) is 10.6. The zero-order chi connectivity index (χ0) is 23.3. The molecule has 2 heterocycles. The molecule has 10 heteroatoms. The lowest BCUT2D eigenvalue weighted by Gasteiger charge is -2.08. The predicted octanol–water partition coefficient (Wildman–Crippen LogP) is 2.59. The molecule has 0 radical (unpaired) electrons. The molecule has 0 fully saturated rings. The van der Waals surface area contributed by atoms with Crippen LogP contribution in [-0.2, 0) is 0 Å². The second kappa shape index (κ2) is 9.17. The molecule has 2 aromatic heterocycles. The number of carbonyl (C=O) groups excluding carboxylic acids is 2. The lowest BCUT2D eigenvalue weighted by Crippen LogP contribution is -2.41. The topological polar surface area (TPSA) is 120 Å². The van der Waals surface area contributed by atoms with Gasteiger partial charge in [0.15, 0.2) is 0 Å². The van der Waals surface area contributed by atoms with Crippen LogP contribution in [0.1, 0.15) is 20.7 Å². The number of nitrogens with zero attached hydrogens (tertiary/aromatic N) is 6. The molecule has 0 aliphatic rings. The van der Waals surface area contributed by atoms with E-state index in [-0.39, 0.29) is 0 Å². The van der Waals surface area contributed by atoms with Crippen LogP contribution in [-0.4, -0.2) is 41.8 Å². The van der Waals surface area contributed by atoms with Crippen LogP contribution in [0.3, 0.4) is 0 Å². The van der Waals surface area contributed by atoms with Crippen LogP contribution in [0.15, 0.2) is 97.5 Å². The summed E-state index contributed by atoms with van der Waals surface area (Å²) < 4.78 is 3.06. The first-order valence-electron chi connectivity index (χ1n) is 10.3. The first kappa shape index (κ1) is 20.8. The molecule has 5 aromatic rings. The molecule has 34 heavy (non-hydrogen) atoms. The molecule has 0 saturated heterocycles. The summed E-state index contributed by atoms with van der Waals surface area (Å²) in [4.78, 5) is 25.7. The largest absolute Gasteiger partial charge is 0.273 e. The Hall–Kier alpha value is -5.12. The van der Waals surface area contributed by atoms with E-state index in [9.17, 15) is 9.59 Å². The molecule has 5 rings (SSSR count). The van der Waals surface area contributed by atoms with Crippen molar-refractivity contribution in [1.82, 2.24) is 40.8 Å². The van der Waals surface area contributed by atoms with Crippen molar-refractivity contribution >= 4 is 11.8 Å². The van der Waals surface area contributed by atoms with E-state index in [0.29, 0.717) is 22.5 Å². The number of amides is 2. The maximum absolute atomic E-state index is 13.1. The Kier molecular flexibility index (Phi) is 5.60. The third-order valence-electron chi connectivity index (χ3n) is 5.04. The van der Waals surface area contributed by atoms with E-state index in [1.165, 1.54) is 11.0 Å². The van der Waals surface area contributed by atoms with Crippen molar-refractivity contribution < 1.29 is 9.59 Å². The highest BCUT2D eigenvalue weighted by Crippen LogP contribution is 2.23. The van der Waals surface area contributed by atoms with Gasteiger partial charge in [0.1, 0.15) is 12.0 Å². The van der Waals surface area contributed by atoms with Crippen molar-refractivity contribution in [3.05, 3.63) is 109 Å². The molecule has 0 spiro atoms. The van der Waals surface area contributed by atoms with Crippen LogP contribution in [0.4, 0.5) is 0 Å². The fourth-order valence-electron chi connectivity index (χ4n) is 3.38. The van der Waals surface area contributed by atoms with Gasteiger partial charge in [0, 0.05) is 17.3 Å². The van der Waals surface area contributed by atoms with Crippen LogP contribution in [0, 0.1) is 0 Å². The minimum absolute atomic E-state index is 0.317. The first-order chi connectivity index (χ1) is 16.7. The van der Waals surface area contributed by atoms with E-state index in [2.05, 4.69) is 31.5 Å². The van der Waals surface area contributed by atoms with Gasteiger partial charge in [-0.25, -0.2) is 9.36 Å². The highest BCUT2D eigenvalue weighted by molar-refractivity contribution is 6.02. The van der Waals surface area contributed by atoms with Crippen molar-refractivity contribution in [2.24, 2.45) is 0 Å². The van der Waals surface area contributed by atoms with E-state index in [4.69, 9.17) is 0 Å². The van der Waals surface area contributed by atoms with Crippen LogP contribution >= 0.6 is 0 Å². The molecule has 10 nitrogen and oxygen atoms in total. The van der Waals surface area contributed by atoms with Gasteiger partial charge in [0.25, 0.3) is 11.8 Å². The molecule has 0 atom stereocenters. The number of rotatable bonds is 5. The van der Waals surface area contributed by atoms with Gasteiger partial charge in [-0.2, -0.15) is 5.10 Å².